The van der Waals surface area contributed by atoms with Crippen molar-refractivity contribution in [2.45, 2.75) is 10.6 Å². The standard InChI is InChI=1S/C14H13BrN2OS/c15-11-5-3-6-12(8-11)19-9-10-4-1-2-7-13(10)14(16)17-18/h1-8,18H,9H2,(H2,16,17). The molecule has 0 saturated heterocycles. The van der Waals surface area contributed by atoms with Crippen LogP contribution in [0.15, 0.2) is 63.1 Å². The number of benzene rings is 2. The zero-order valence-electron chi connectivity index (χ0n) is 10.1. The maximum Gasteiger partial charge on any atom is 0.170 e. The monoisotopic (exact) mass is 336 g/mol. The van der Waals surface area contributed by atoms with Crippen LogP contribution < -0.4 is 5.73 Å². The number of amidine groups is 1. The predicted octanol–water partition coefficient (Wildman–Crippen LogP) is 3.84. The lowest BCUT2D eigenvalue weighted by Crippen LogP contribution is -2.15. The van der Waals surface area contributed by atoms with Crippen LogP contribution in [0, 0.1) is 0 Å². The number of oxime groups is 1. The van der Waals surface area contributed by atoms with Crippen molar-refractivity contribution < 1.29 is 5.21 Å². The third kappa shape index (κ3) is 3.75. The van der Waals surface area contributed by atoms with Crippen molar-refractivity contribution >= 4 is 33.5 Å². The van der Waals surface area contributed by atoms with E-state index in [1.54, 1.807) is 11.8 Å². The van der Waals surface area contributed by atoms with Crippen LogP contribution in [0.2, 0.25) is 0 Å². The van der Waals surface area contributed by atoms with Gasteiger partial charge in [0.15, 0.2) is 5.84 Å². The molecule has 0 heterocycles. The first-order chi connectivity index (χ1) is 9.20. The highest BCUT2D eigenvalue weighted by molar-refractivity contribution is 9.10. The van der Waals surface area contributed by atoms with E-state index in [4.69, 9.17) is 10.9 Å². The van der Waals surface area contributed by atoms with E-state index < -0.39 is 0 Å². The van der Waals surface area contributed by atoms with Crippen molar-refractivity contribution in [1.29, 1.82) is 0 Å². The van der Waals surface area contributed by atoms with Crippen LogP contribution in [0.25, 0.3) is 0 Å². The molecule has 0 aromatic heterocycles. The number of nitrogens with two attached hydrogens (primary N) is 1. The Kier molecular flexibility index (Phi) is 4.87. The smallest absolute Gasteiger partial charge is 0.170 e. The molecule has 0 radical (unpaired) electrons. The molecule has 0 bridgehead atoms. The van der Waals surface area contributed by atoms with E-state index in [1.807, 2.05) is 36.4 Å². The number of rotatable bonds is 4. The summed E-state index contributed by atoms with van der Waals surface area (Å²) >= 11 is 5.16. The third-order valence-electron chi connectivity index (χ3n) is 2.59. The number of halogens is 1. The van der Waals surface area contributed by atoms with E-state index in [2.05, 4.69) is 33.2 Å². The summed E-state index contributed by atoms with van der Waals surface area (Å²) in [4.78, 5) is 1.17. The van der Waals surface area contributed by atoms with Gasteiger partial charge in [-0.1, -0.05) is 51.4 Å². The first-order valence-electron chi connectivity index (χ1n) is 5.65. The van der Waals surface area contributed by atoms with Crippen LogP contribution >= 0.6 is 27.7 Å². The molecule has 0 spiro atoms. The molecule has 3 N–H and O–H groups in total. The fourth-order valence-corrected chi connectivity index (χ4v) is 3.18. The first kappa shape index (κ1) is 14.0. The summed E-state index contributed by atoms with van der Waals surface area (Å²) in [5.74, 6) is 0.911. The van der Waals surface area contributed by atoms with Crippen LogP contribution in [0.1, 0.15) is 11.1 Å². The Labute approximate surface area is 124 Å². The van der Waals surface area contributed by atoms with Gasteiger partial charge < -0.3 is 10.9 Å². The Hall–Kier alpha value is -1.46. The average Bonchev–Trinajstić information content (AvgIpc) is 2.45. The topological polar surface area (TPSA) is 58.6 Å². The predicted molar refractivity (Wildman–Crippen MR) is 82.7 cm³/mol. The minimum absolute atomic E-state index is 0.144. The maximum atomic E-state index is 8.78. The van der Waals surface area contributed by atoms with Crippen molar-refractivity contribution in [3.8, 4) is 0 Å². The second-order valence-electron chi connectivity index (χ2n) is 3.89. The van der Waals surface area contributed by atoms with Crippen LogP contribution in [-0.2, 0) is 5.75 Å². The van der Waals surface area contributed by atoms with E-state index >= 15 is 0 Å². The molecule has 0 fully saturated rings. The number of nitrogens with zero attached hydrogens (tertiary/aromatic N) is 1. The number of hydrogen-bond acceptors (Lipinski definition) is 3. The van der Waals surface area contributed by atoms with Gasteiger partial charge in [-0.3, -0.25) is 0 Å². The fourth-order valence-electron chi connectivity index (χ4n) is 1.67. The summed E-state index contributed by atoms with van der Waals surface area (Å²) in [7, 11) is 0. The van der Waals surface area contributed by atoms with Crippen molar-refractivity contribution in [3.05, 3.63) is 64.1 Å². The Balaban J connectivity index is 2.16. The first-order valence-corrected chi connectivity index (χ1v) is 7.42. The fraction of sp³-hybridized carbons (Fsp3) is 0.0714. The molecule has 0 aliphatic rings. The van der Waals surface area contributed by atoms with Gasteiger partial charge in [-0.2, -0.15) is 0 Å². The van der Waals surface area contributed by atoms with Gasteiger partial charge in [0.1, 0.15) is 0 Å². The molecule has 0 aliphatic carbocycles. The molecular formula is C14H13BrN2OS. The molecule has 19 heavy (non-hydrogen) atoms. The van der Waals surface area contributed by atoms with Crippen LogP contribution in [-0.4, -0.2) is 11.0 Å². The molecule has 2 aromatic carbocycles. The van der Waals surface area contributed by atoms with Gasteiger partial charge in [-0.15, -0.1) is 11.8 Å². The second kappa shape index (κ2) is 6.63. The van der Waals surface area contributed by atoms with Crippen LogP contribution in [0.5, 0.6) is 0 Å². The maximum absolute atomic E-state index is 8.78. The van der Waals surface area contributed by atoms with E-state index in [-0.39, 0.29) is 5.84 Å². The van der Waals surface area contributed by atoms with E-state index in [0.29, 0.717) is 0 Å². The highest BCUT2D eigenvalue weighted by Gasteiger charge is 2.06. The Morgan fingerprint density at radius 1 is 1.21 bits per heavy atom. The van der Waals surface area contributed by atoms with Gasteiger partial charge >= 0.3 is 0 Å². The van der Waals surface area contributed by atoms with Crippen molar-refractivity contribution in [1.82, 2.24) is 0 Å². The SMILES string of the molecule is NC(=NO)c1ccccc1CSc1cccc(Br)c1. The number of hydrogen-bond donors (Lipinski definition) is 2. The summed E-state index contributed by atoms with van der Waals surface area (Å²) in [6, 6.07) is 15.8. The minimum Gasteiger partial charge on any atom is -0.409 e. The summed E-state index contributed by atoms with van der Waals surface area (Å²) < 4.78 is 1.06. The van der Waals surface area contributed by atoms with Gasteiger partial charge in [0.25, 0.3) is 0 Å². The largest absolute Gasteiger partial charge is 0.409 e. The highest BCUT2D eigenvalue weighted by atomic mass is 79.9. The molecule has 0 aliphatic heterocycles. The molecule has 0 unspecified atom stereocenters. The zero-order chi connectivity index (χ0) is 13.7. The normalized spacial score (nSPS) is 11.5. The summed E-state index contributed by atoms with van der Waals surface area (Å²) in [5, 5.41) is 11.9. The summed E-state index contributed by atoms with van der Waals surface area (Å²) in [6.45, 7) is 0. The van der Waals surface area contributed by atoms with Crippen molar-refractivity contribution in [2.75, 3.05) is 0 Å². The Morgan fingerprint density at radius 3 is 2.74 bits per heavy atom. The zero-order valence-corrected chi connectivity index (χ0v) is 12.5. The van der Waals surface area contributed by atoms with Crippen molar-refractivity contribution in [2.24, 2.45) is 10.9 Å². The quantitative estimate of drug-likeness (QED) is 0.293. The highest BCUT2D eigenvalue weighted by Crippen LogP contribution is 2.26. The summed E-state index contributed by atoms with van der Waals surface area (Å²) in [5.41, 5.74) is 7.49. The van der Waals surface area contributed by atoms with E-state index in [0.717, 1.165) is 21.4 Å². The van der Waals surface area contributed by atoms with Gasteiger partial charge in [0.2, 0.25) is 0 Å². The van der Waals surface area contributed by atoms with Gasteiger partial charge in [0.05, 0.1) is 0 Å². The van der Waals surface area contributed by atoms with Gasteiger partial charge in [0, 0.05) is 20.7 Å². The van der Waals surface area contributed by atoms with Crippen LogP contribution in [0.3, 0.4) is 0 Å². The Bertz CT molecular complexity index is 602. The van der Waals surface area contributed by atoms with E-state index in [1.165, 1.54) is 4.90 Å². The van der Waals surface area contributed by atoms with Gasteiger partial charge in [-0.05, 0) is 23.8 Å². The lowest BCUT2D eigenvalue weighted by atomic mass is 10.1. The number of thioether (sulfide) groups is 1. The van der Waals surface area contributed by atoms with Crippen molar-refractivity contribution in [3.63, 3.8) is 0 Å². The minimum atomic E-state index is 0.144. The van der Waals surface area contributed by atoms with E-state index in [9.17, 15) is 0 Å². The molecule has 0 saturated carbocycles. The van der Waals surface area contributed by atoms with Crippen LogP contribution in [0.4, 0.5) is 0 Å². The third-order valence-corrected chi connectivity index (χ3v) is 4.13. The molecular weight excluding hydrogens is 324 g/mol. The molecule has 5 heteroatoms. The average molecular weight is 337 g/mol. The molecule has 2 rings (SSSR count). The second-order valence-corrected chi connectivity index (χ2v) is 5.85. The molecule has 2 aromatic rings. The van der Waals surface area contributed by atoms with Gasteiger partial charge in [-0.25, -0.2) is 0 Å². The Morgan fingerprint density at radius 2 is 2.00 bits per heavy atom. The molecule has 0 atom stereocenters. The molecule has 3 nitrogen and oxygen atoms in total. The lowest BCUT2D eigenvalue weighted by molar-refractivity contribution is 0.318. The molecule has 0 amide bonds. The molecule has 98 valence electrons. The summed E-state index contributed by atoms with van der Waals surface area (Å²) in [6.07, 6.45) is 0. The lowest BCUT2D eigenvalue weighted by Gasteiger charge is -2.08.